The third-order valence-corrected chi connectivity index (χ3v) is 6.89. The summed E-state index contributed by atoms with van der Waals surface area (Å²) in [6.45, 7) is 4.14. The summed E-state index contributed by atoms with van der Waals surface area (Å²) in [5.41, 5.74) is 0.979. The molecule has 2 unspecified atom stereocenters. The number of benzene rings is 1. The second-order valence-electron chi connectivity index (χ2n) is 5.58. The van der Waals surface area contributed by atoms with E-state index in [0.717, 1.165) is 5.56 Å². The number of nitrogens with one attached hydrogen (secondary N) is 1. The number of urea groups is 1. The Bertz CT molecular complexity index is 648. The number of hydrogen-bond donors (Lipinski definition) is 1. The monoisotopic (exact) mass is 344 g/mol. The molecule has 0 saturated carbocycles. The van der Waals surface area contributed by atoms with Gasteiger partial charge in [-0.2, -0.15) is 0 Å². The van der Waals surface area contributed by atoms with Crippen LogP contribution in [-0.4, -0.2) is 49.5 Å². The van der Waals surface area contributed by atoms with Gasteiger partial charge in [-0.1, -0.05) is 29.8 Å². The highest BCUT2D eigenvalue weighted by Crippen LogP contribution is 2.19. The van der Waals surface area contributed by atoms with Gasteiger partial charge >= 0.3 is 6.03 Å². The Kier molecular flexibility index (Phi) is 5.34. The van der Waals surface area contributed by atoms with E-state index >= 15 is 0 Å². The molecule has 1 aromatic rings. The van der Waals surface area contributed by atoms with Gasteiger partial charge < -0.3 is 10.2 Å². The van der Waals surface area contributed by atoms with Crippen molar-refractivity contribution < 1.29 is 13.2 Å². The number of nitrogens with zero attached hydrogens (tertiary/aromatic N) is 1. The number of halogens is 1. The summed E-state index contributed by atoms with van der Waals surface area (Å²) in [4.78, 5) is 13.8. The topological polar surface area (TPSA) is 66.5 Å². The van der Waals surface area contributed by atoms with E-state index < -0.39 is 15.1 Å². The second kappa shape index (κ2) is 6.87. The van der Waals surface area contributed by atoms with Crippen molar-refractivity contribution in [3.8, 4) is 0 Å². The Labute approximate surface area is 136 Å². The van der Waals surface area contributed by atoms with Crippen LogP contribution in [-0.2, 0) is 16.3 Å². The van der Waals surface area contributed by atoms with Gasteiger partial charge in [-0.15, -0.1) is 0 Å². The van der Waals surface area contributed by atoms with Crippen molar-refractivity contribution in [2.75, 3.05) is 18.8 Å². The fourth-order valence-electron chi connectivity index (χ4n) is 2.56. The number of rotatable bonds is 3. The first-order valence-electron chi connectivity index (χ1n) is 7.32. The summed E-state index contributed by atoms with van der Waals surface area (Å²) in [5, 5.41) is 2.99. The van der Waals surface area contributed by atoms with Crippen molar-refractivity contribution >= 4 is 27.5 Å². The molecule has 1 aliphatic rings. The van der Waals surface area contributed by atoms with Crippen LogP contribution in [0.3, 0.4) is 0 Å². The van der Waals surface area contributed by atoms with Gasteiger partial charge in [-0.3, -0.25) is 0 Å². The third-order valence-electron chi connectivity index (χ3n) is 4.24. The Morgan fingerprint density at radius 3 is 2.73 bits per heavy atom. The Balaban J connectivity index is 1.89. The highest BCUT2D eigenvalue weighted by molar-refractivity contribution is 7.92. The van der Waals surface area contributed by atoms with E-state index in [1.165, 1.54) is 0 Å². The molecular weight excluding hydrogens is 324 g/mol. The van der Waals surface area contributed by atoms with E-state index in [0.29, 0.717) is 18.0 Å². The van der Waals surface area contributed by atoms with Gasteiger partial charge in [0.25, 0.3) is 0 Å². The molecule has 1 heterocycles. The lowest BCUT2D eigenvalue weighted by Crippen LogP contribution is -2.57. The van der Waals surface area contributed by atoms with Gasteiger partial charge in [0, 0.05) is 24.2 Å². The standard InChI is InChI=1S/C15H21ClN2O3S/c1-11-12(2)22(20,21)10-9-18(11)15(19)17-8-7-13-5-3-4-6-14(13)16/h3-6,11-12H,7-10H2,1-2H3,(H,17,19). The average Bonchev–Trinajstić information content (AvgIpc) is 2.47. The van der Waals surface area contributed by atoms with E-state index in [9.17, 15) is 13.2 Å². The van der Waals surface area contributed by atoms with Crippen molar-refractivity contribution in [2.45, 2.75) is 31.6 Å². The highest BCUT2D eigenvalue weighted by Gasteiger charge is 2.37. The zero-order valence-corrected chi connectivity index (χ0v) is 14.3. The maximum Gasteiger partial charge on any atom is 0.317 e. The van der Waals surface area contributed by atoms with Crippen molar-refractivity contribution in [3.63, 3.8) is 0 Å². The minimum absolute atomic E-state index is 0.0242. The van der Waals surface area contributed by atoms with E-state index in [-0.39, 0.29) is 24.4 Å². The minimum atomic E-state index is -3.09. The smallest absolute Gasteiger partial charge is 0.317 e. The van der Waals surface area contributed by atoms with E-state index in [1.54, 1.807) is 18.7 Å². The predicted octanol–water partition coefficient (Wildman–Crippen LogP) is 2.10. The summed E-state index contributed by atoms with van der Waals surface area (Å²) >= 11 is 6.07. The molecule has 1 saturated heterocycles. The SMILES string of the molecule is CC1C(C)S(=O)(=O)CCN1C(=O)NCCc1ccccc1Cl. The summed E-state index contributed by atoms with van der Waals surface area (Å²) in [6, 6.07) is 6.97. The lowest BCUT2D eigenvalue weighted by molar-refractivity contribution is 0.178. The second-order valence-corrected chi connectivity index (χ2v) is 8.46. The maximum absolute atomic E-state index is 12.2. The van der Waals surface area contributed by atoms with Gasteiger partial charge in [0.2, 0.25) is 0 Å². The van der Waals surface area contributed by atoms with Crippen LogP contribution in [0.4, 0.5) is 4.79 Å². The number of amides is 2. The maximum atomic E-state index is 12.2. The number of carbonyl (C=O) groups excluding carboxylic acids is 1. The molecule has 5 nitrogen and oxygen atoms in total. The average molecular weight is 345 g/mol. The first kappa shape index (κ1) is 17.1. The summed E-state index contributed by atoms with van der Waals surface area (Å²) in [7, 11) is -3.09. The van der Waals surface area contributed by atoms with E-state index in [1.807, 2.05) is 24.3 Å². The van der Waals surface area contributed by atoms with Gasteiger partial charge in [0.05, 0.1) is 11.0 Å². The van der Waals surface area contributed by atoms with E-state index in [2.05, 4.69) is 5.32 Å². The molecule has 0 spiro atoms. The molecule has 1 aromatic carbocycles. The molecular formula is C15H21ClN2O3S. The van der Waals surface area contributed by atoms with Gasteiger partial charge in [0.15, 0.2) is 9.84 Å². The third kappa shape index (κ3) is 3.73. The lowest BCUT2D eigenvalue weighted by atomic mass is 10.1. The highest BCUT2D eigenvalue weighted by atomic mass is 35.5. The van der Waals surface area contributed by atoms with Crippen molar-refractivity contribution in [2.24, 2.45) is 0 Å². The zero-order valence-electron chi connectivity index (χ0n) is 12.8. The molecule has 22 heavy (non-hydrogen) atoms. The van der Waals surface area contributed by atoms with Crippen LogP contribution in [0.15, 0.2) is 24.3 Å². The lowest BCUT2D eigenvalue weighted by Gasteiger charge is -2.37. The van der Waals surface area contributed by atoms with Crippen LogP contribution < -0.4 is 5.32 Å². The van der Waals surface area contributed by atoms with Crippen molar-refractivity contribution in [3.05, 3.63) is 34.9 Å². The largest absolute Gasteiger partial charge is 0.338 e. The van der Waals surface area contributed by atoms with Crippen LogP contribution >= 0.6 is 11.6 Å². The molecule has 2 rings (SSSR count). The molecule has 122 valence electrons. The molecule has 1 aliphatic heterocycles. The van der Waals surface area contributed by atoms with Gasteiger partial charge in [-0.05, 0) is 31.9 Å². The number of sulfone groups is 1. The van der Waals surface area contributed by atoms with Gasteiger partial charge in [0.1, 0.15) is 0 Å². The molecule has 0 aromatic heterocycles. The summed E-state index contributed by atoms with van der Waals surface area (Å²) < 4.78 is 23.6. The fourth-order valence-corrected chi connectivity index (χ4v) is 4.36. The molecule has 1 fully saturated rings. The van der Waals surface area contributed by atoms with E-state index in [4.69, 9.17) is 11.6 Å². The molecule has 1 N–H and O–H groups in total. The quantitative estimate of drug-likeness (QED) is 0.913. The molecule has 0 aliphatic carbocycles. The molecule has 7 heteroatoms. The molecule has 2 amide bonds. The Morgan fingerprint density at radius 2 is 2.05 bits per heavy atom. The molecule has 2 atom stereocenters. The number of hydrogen-bond acceptors (Lipinski definition) is 3. The predicted molar refractivity (Wildman–Crippen MR) is 88.0 cm³/mol. The van der Waals surface area contributed by atoms with Crippen LogP contribution in [0.5, 0.6) is 0 Å². The number of carbonyl (C=O) groups is 1. The molecule has 0 radical (unpaired) electrons. The van der Waals surface area contributed by atoms with Gasteiger partial charge in [-0.25, -0.2) is 13.2 Å². The normalized spacial score (nSPS) is 24.0. The van der Waals surface area contributed by atoms with Crippen molar-refractivity contribution in [1.29, 1.82) is 0 Å². The molecule has 0 bridgehead atoms. The van der Waals surface area contributed by atoms with Crippen LogP contribution in [0, 0.1) is 0 Å². The first-order valence-corrected chi connectivity index (χ1v) is 9.41. The zero-order chi connectivity index (χ0) is 16.3. The van der Waals surface area contributed by atoms with Crippen LogP contribution in [0.1, 0.15) is 19.4 Å². The van der Waals surface area contributed by atoms with Crippen LogP contribution in [0.2, 0.25) is 5.02 Å². The summed E-state index contributed by atoms with van der Waals surface area (Å²) in [5.74, 6) is 0.0242. The first-order chi connectivity index (χ1) is 10.3. The van der Waals surface area contributed by atoms with Crippen molar-refractivity contribution in [1.82, 2.24) is 10.2 Å². The fraction of sp³-hybridized carbons (Fsp3) is 0.533. The minimum Gasteiger partial charge on any atom is -0.338 e. The van der Waals surface area contributed by atoms with Crippen LogP contribution in [0.25, 0.3) is 0 Å². The summed E-state index contributed by atoms with van der Waals surface area (Å²) in [6.07, 6.45) is 0.640. The Hall–Kier alpha value is -1.27. The Morgan fingerprint density at radius 1 is 1.36 bits per heavy atom.